The summed E-state index contributed by atoms with van der Waals surface area (Å²) in [4.78, 5) is 23.1. The summed E-state index contributed by atoms with van der Waals surface area (Å²) >= 11 is 0. The van der Waals surface area contributed by atoms with E-state index >= 15 is 0 Å². The van der Waals surface area contributed by atoms with E-state index in [1.165, 1.54) is 19.1 Å². The minimum absolute atomic E-state index is 0.00178. The zero-order chi connectivity index (χ0) is 17.0. The normalized spacial score (nSPS) is 14.7. The smallest absolute Gasteiger partial charge is 0.132 e. The molecule has 1 unspecified atom stereocenters. The first-order chi connectivity index (χ1) is 10.9. The van der Waals surface area contributed by atoms with E-state index in [0.717, 1.165) is 0 Å². The SMILES string of the molecule is CC(=O)[C@@H](C)Cc1cc(S(=N)(=O)c2ccccc2)ccc1N=O. The third-order valence-electron chi connectivity index (χ3n) is 3.78. The molecule has 0 amide bonds. The van der Waals surface area contributed by atoms with Crippen LogP contribution in [0.5, 0.6) is 0 Å². The number of Topliss-reactive ketones (excluding diaryl/α,β-unsaturated/α-hetero) is 1. The van der Waals surface area contributed by atoms with Crippen LogP contribution in [0.25, 0.3) is 0 Å². The monoisotopic (exact) mass is 330 g/mol. The van der Waals surface area contributed by atoms with Crippen LogP contribution in [0, 0.1) is 15.6 Å². The van der Waals surface area contributed by atoms with E-state index in [2.05, 4.69) is 5.18 Å². The highest BCUT2D eigenvalue weighted by Gasteiger charge is 2.18. The van der Waals surface area contributed by atoms with Gasteiger partial charge in [0.25, 0.3) is 0 Å². The first-order valence-electron chi connectivity index (χ1n) is 7.17. The molecule has 120 valence electrons. The van der Waals surface area contributed by atoms with E-state index in [-0.39, 0.29) is 17.4 Å². The largest absolute Gasteiger partial charge is 0.300 e. The fraction of sp³-hybridized carbons (Fsp3) is 0.235. The summed E-state index contributed by atoms with van der Waals surface area (Å²) in [6.07, 6.45) is 0.328. The fourth-order valence-corrected chi connectivity index (χ4v) is 3.60. The van der Waals surface area contributed by atoms with Crippen molar-refractivity contribution in [3.05, 3.63) is 59.0 Å². The third-order valence-corrected chi connectivity index (χ3v) is 5.63. The molecule has 0 bridgehead atoms. The molecule has 0 saturated carbocycles. The van der Waals surface area contributed by atoms with Gasteiger partial charge < -0.3 is 0 Å². The van der Waals surface area contributed by atoms with Crippen molar-refractivity contribution in [3.63, 3.8) is 0 Å². The molecule has 0 saturated heterocycles. The van der Waals surface area contributed by atoms with E-state index in [0.29, 0.717) is 21.8 Å². The van der Waals surface area contributed by atoms with Crippen molar-refractivity contribution >= 4 is 21.2 Å². The zero-order valence-corrected chi connectivity index (χ0v) is 13.8. The minimum Gasteiger partial charge on any atom is -0.300 e. The molecule has 0 fully saturated rings. The predicted molar refractivity (Wildman–Crippen MR) is 89.3 cm³/mol. The first kappa shape index (κ1) is 17.0. The van der Waals surface area contributed by atoms with Crippen LogP contribution in [0.15, 0.2) is 63.5 Å². The van der Waals surface area contributed by atoms with E-state index in [4.69, 9.17) is 4.78 Å². The van der Waals surface area contributed by atoms with Crippen LogP contribution in [0.1, 0.15) is 19.4 Å². The van der Waals surface area contributed by atoms with Crippen LogP contribution >= 0.6 is 0 Å². The number of nitroso groups, excluding NO2 is 1. The molecule has 2 rings (SSSR count). The van der Waals surface area contributed by atoms with Crippen molar-refractivity contribution in [1.82, 2.24) is 0 Å². The Bertz CT molecular complexity index is 830. The summed E-state index contributed by atoms with van der Waals surface area (Å²) < 4.78 is 21.1. The lowest BCUT2D eigenvalue weighted by Gasteiger charge is -2.13. The van der Waals surface area contributed by atoms with Gasteiger partial charge in [-0.3, -0.25) is 4.79 Å². The fourth-order valence-electron chi connectivity index (χ4n) is 2.22. The Hall–Kier alpha value is -2.34. The van der Waals surface area contributed by atoms with Gasteiger partial charge in [0.15, 0.2) is 0 Å². The number of ketones is 1. The Balaban J connectivity index is 2.49. The van der Waals surface area contributed by atoms with Crippen LogP contribution in [0.3, 0.4) is 0 Å². The second-order valence-corrected chi connectivity index (χ2v) is 7.52. The second kappa shape index (κ2) is 6.83. The maximum Gasteiger partial charge on any atom is 0.132 e. The number of hydrogen-bond donors (Lipinski definition) is 1. The van der Waals surface area contributed by atoms with Crippen molar-refractivity contribution in [1.29, 1.82) is 4.78 Å². The molecule has 2 aromatic carbocycles. The lowest BCUT2D eigenvalue weighted by Crippen LogP contribution is -2.10. The number of carbonyl (C=O) groups is 1. The molecule has 0 aliphatic heterocycles. The number of nitrogens with zero attached hydrogens (tertiary/aromatic N) is 1. The van der Waals surface area contributed by atoms with E-state index in [1.54, 1.807) is 43.3 Å². The molecule has 0 aliphatic carbocycles. The third kappa shape index (κ3) is 3.71. The lowest BCUT2D eigenvalue weighted by atomic mass is 9.97. The van der Waals surface area contributed by atoms with Crippen LogP contribution in [0.2, 0.25) is 0 Å². The molecule has 0 heterocycles. The van der Waals surface area contributed by atoms with Crippen molar-refractivity contribution in [2.75, 3.05) is 0 Å². The van der Waals surface area contributed by atoms with E-state index in [9.17, 15) is 13.9 Å². The molecule has 0 spiro atoms. The van der Waals surface area contributed by atoms with Crippen LogP contribution in [-0.4, -0.2) is 9.99 Å². The van der Waals surface area contributed by atoms with Gasteiger partial charge in [-0.1, -0.05) is 25.1 Å². The Morgan fingerprint density at radius 2 is 1.83 bits per heavy atom. The lowest BCUT2D eigenvalue weighted by molar-refractivity contribution is -0.120. The molecule has 5 nitrogen and oxygen atoms in total. The number of carbonyl (C=O) groups excluding carboxylic acids is 1. The molecule has 0 aliphatic rings. The van der Waals surface area contributed by atoms with Gasteiger partial charge in [-0.15, -0.1) is 4.91 Å². The van der Waals surface area contributed by atoms with Gasteiger partial charge in [-0.2, -0.15) is 0 Å². The van der Waals surface area contributed by atoms with Crippen LogP contribution < -0.4 is 0 Å². The van der Waals surface area contributed by atoms with Gasteiger partial charge in [0.1, 0.15) is 21.2 Å². The zero-order valence-electron chi connectivity index (χ0n) is 13.0. The van der Waals surface area contributed by atoms with E-state index in [1.807, 2.05) is 0 Å². The average molecular weight is 330 g/mol. The Labute approximate surface area is 135 Å². The molecule has 23 heavy (non-hydrogen) atoms. The highest BCUT2D eigenvalue weighted by molar-refractivity contribution is 7.92. The van der Waals surface area contributed by atoms with Crippen molar-refractivity contribution in [3.8, 4) is 0 Å². The topological polar surface area (TPSA) is 87.4 Å². The maximum absolute atomic E-state index is 12.9. The molecular weight excluding hydrogens is 312 g/mol. The van der Waals surface area contributed by atoms with Crippen molar-refractivity contribution < 1.29 is 9.00 Å². The number of benzene rings is 2. The van der Waals surface area contributed by atoms with E-state index < -0.39 is 9.73 Å². The quantitative estimate of drug-likeness (QED) is 0.800. The molecule has 2 atom stereocenters. The van der Waals surface area contributed by atoms with Crippen LogP contribution in [-0.2, 0) is 20.9 Å². The van der Waals surface area contributed by atoms with Gasteiger partial charge in [0.05, 0.1) is 9.79 Å². The highest BCUT2D eigenvalue weighted by Crippen LogP contribution is 2.29. The summed E-state index contributed by atoms with van der Waals surface area (Å²) in [7, 11) is -3.17. The molecule has 0 radical (unpaired) electrons. The predicted octanol–water partition coefficient (Wildman–Crippen LogP) is 4.32. The minimum atomic E-state index is -3.17. The summed E-state index contributed by atoms with van der Waals surface area (Å²) in [6.45, 7) is 3.25. The van der Waals surface area contributed by atoms with Crippen LogP contribution in [0.4, 0.5) is 5.69 Å². The Kier molecular flexibility index (Phi) is 5.05. The summed E-state index contributed by atoms with van der Waals surface area (Å²) in [5.74, 6) is -0.272. The Morgan fingerprint density at radius 1 is 1.17 bits per heavy atom. The molecule has 2 aromatic rings. The molecule has 6 heteroatoms. The van der Waals surface area contributed by atoms with Gasteiger partial charge in [0, 0.05) is 5.92 Å². The average Bonchev–Trinajstić information content (AvgIpc) is 2.55. The number of rotatable bonds is 6. The maximum atomic E-state index is 12.9. The van der Waals surface area contributed by atoms with Gasteiger partial charge in [0.2, 0.25) is 0 Å². The summed E-state index contributed by atoms with van der Waals surface area (Å²) in [5, 5.41) is 2.96. The van der Waals surface area contributed by atoms with Gasteiger partial charge in [-0.05, 0) is 54.4 Å². The van der Waals surface area contributed by atoms with Crippen molar-refractivity contribution in [2.45, 2.75) is 30.1 Å². The summed E-state index contributed by atoms with van der Waals surface area (Å²) in [5.41, 5.74) is 0.751. The summed E-state index contributed by atoms with van der Waals surface area (Å²) in [6, 6.07) is 13.0. The van der Waals surface area contributed by atoms with Crippen molar-refractivity contribution in [2.24, 2.45) is 11.1 Å². The van der Waals surface area contributed by atoms with Gasteiger partial charge >= 0.3 is 0 Å². The first-order valence-corrected chi connectivity index (χ1v) is 8.72. The molecule has 0 aromatic heterocycles. The molecule has 1 N–H and O–H groups in total. The number of hydrogen-bond acceptors (Lipinski definition) is 5. The second-order valence-electron chi connectivity index (χ2n) is 5.47. The van der Waals surface area contributed by atoms with Gasteiger partial charge in [-0.25, -0.2) is 8.99 Å². The standard InChI is InChI=1S/C17H18N2O3S/c1-12(13(2)20)10-14-11-16(8-9-17(14)19-21)23(18,22)15-6-4-3-5-7-15/h3-9,11-12,18H,10H2,1-2H3/t12-,23?/m0/s1. The molecular formula is C17H18N2O3S. The highest BCUT2D eigenvalue weighted by atomic mass is 32.2. The Morgan fingerprint density at radius 3 is 2.39 bits per heavy atom. The number of nitrogens with one attached hydrogen (secondary N) is 1.